The summed E-state index contributed by atoms with van der Waals surface area (Å²) in [4.78, 5) is 2.47. The molecule has 1 aliphatic rings. The molecule has 62 valence electrons. The lowest BCUT2D eigenvalue weighted by atomic mass is 10.0. The van der Waals surface area contributed by atoms with Crippen LogP contribution >= 0.6 is 0 Å². The van der Waals surface area contributed by atoms with Crippen molar-refractivity contribution in [2.45, 2.75) is 25.7 Å². The topological polar surface area (TPSA) is 48.8 Å². The third-order valence-electron chi connectivity index (χ3n) is 2.22. The second-order valence-corrected chi connectivity index (χ2v) is 3.06. The van der Waals surface area contributed by atoms with Crippen molar-refractivity contribution in [2.24, 2.45) is 10.5 Å². The first-order chi connectivity index (χ1) is 5.02. The van der Waals surface area contributed by atoms with Crippen molar-refractivity contribution in [1.82, 2.24) is 0 Å². The van der Waals surface area contributed by atoms with Crippen molar-refractivity contribution in [2.75, 3.05) is 6.54 Å². The zero-order valence-electron chi connectivity index (χ0n) is 6.22. The standard InChI is InChI=1S/C6H9F2N3/c1-5(7,8)6(2-3-6)4-10-11-9/h2-4H2,1H3. The van der Waals surface area contributed by atoms with E-state index in [1.807, 2.05) is 0 Å². The Balaban J connectivity index is 2.61. The first-order valence-electron chi connectivity index (χ1n) is 3.40. The first-order valence-corrected chi connectivity index (χ1v) is 3.40. The van der Waals surface area contributed by atoms with Gasteiger partial charge >= 0.3 is 0 Å². The maximum Gasteiger partial charge on any atom is 0.251 e. The number of hydrogen-bond acceptors (Lipinski definition) is 1. The Morgan fingerprint density at radius 3 is 2.45 bits per heavy atom. The second kappa shape index (κ2) is 2.34. The molecule has 0 bridgehead atoms. The fourth-order valence-corrected chi connectivity index (χ4v) is 1.05. The number of alkyl halides is 2. The molecule has 0 amide bonds. The van der Waals surface area contributed by atoms with E-state index in [9.17, 15) is 8.78 Å². The minimum Gasteiger partial charge on any atom is -0.207 e. The second-order valence-electron chi connectivity index (χ2n) is 3.06. The van der Waals surface area contributed by atoms with Crippen LogP contribution in [0.1, 0.15) is 19.8 Å². The molecule has 0 spiro atoms. The summed E-state index contributed by atoms with van der Waals surface area (Å²) < 4.78 is 25.4. The van der Waals surface area contributed by atoms with Crippen LogP contribution in [0.15, 0.2) is 5.11 Å². The Morgan fingerprint density at radius 1 is 1.64 bits per heavy atom. The Labute approximate surface area is 63.0 Å². The molecule has 0 aromatic carbocycles. The fourth-order valence-electron chi connectivity index (χ4n) is 1.05. The Kier molecular flexibility index (Phi) is 1.76. The molecule has 0 unspecified atom stereocenters. The van der Waals surface area contributed by atoms with E-state index in [1.54, 1.807) is 0 Å². The summed E-state index contributed by atoms with van der Waals surface area (Å²) in [7, 11) is 0. The number of halogens is 2. The Morgan fingerprint density at radius 2 is 2.18 bits per heavy atom. The van der Waals surface area contributed by atoms with Crippen LogP contribution in [-0.2, 0) is 0 Å². The van der Waals surface area contributed by atoms with Gasteiger partial charge in [0.05, 0.1) is 0 Å². The molecule has 0 saturated heterocycles. The number of azide groups is 1. The highest BCUT2D eigenvalue weighted by Crippen LogP contribution is 2.56. The molecule has 1 rings (SSSR count). The average molecular weight is 161 g/mol. The number of nitrogens with zero attached hydrogens (tertiary/aromatic N) is 3. The monoisotopic (exact) mass is 161 g/mol. The zero-order valence-corrected chi connectivity index (χ0v) is 6.22. The number of rotatable bonds is 3. The summed E-state index contributed by atoms with van der Waals surface area (Å²) in [5.74, 6) is -2.71. The van der Waals surface area contributed by atoms with E-state index < -0.39 is 11.3 Å². The van der Waals surface area contributed by atoms with Crippen LogP contribution in [0.2, 0.25) is 0 Å². The molecule has 0 radical (unpaired) electrons. The Bertz CT molecular complexity index is 198. The number of hydrogen-bond donors (Lipinski definition) is 0. The predicted octanol–water partition coefficient (Wildman–Crippen LogP) is 2.73. The van der Waals surface area contributed by atoms with Gasteiger partial charge in [0.25, 0.3) is 5.92 Å². The highest BCUT2D eigenvalue weighted by atomic mass is 19.3. The third kappa shape index (κ3) is 1.43. The Hall–Kier alpha value is -0.830. The van der Waals surface area contributed by atoms with Gasteiger partial charge in [-0.1, -0.05) is 5.11 Å². The van der Waals surface area contributed by atoms with Crippen molar-refractivity contribution in [1.29, 1.82) is 0 Å². The van der Waals surface area contributed by atoms with Gasteiger partial charge in [0.1, 0.15) is 0 Å². The third-order valence-corrected chi connectivity index (χ3v) is 2.22. The summed E-state index contributed by atoms with van der Waals surface area (Å²) >= 11 is 0. The molecule has 11 heavy (non-hydrogen) atoms. The van der Waals surface area contributed by atoms with E-state index in [2.05, 4.69) is 10.0 Å². The highest BCUT2D eigenvalue weighted by Gasteiger charge is 2.58. The van der Waals surface area contributed by atoms with Gasteiger partial charge in [0.15, 0.2) is 0 Å². The molecule has 0 aromatic heterocycles. The van der Waals surface area contributed by atoms with Crippen LogP contribution in [0.3, 0.4) is 0 Å². The van der Waals surface area contributed by atoms with Gasteiger partial charge in [-0.3, -0.25) is 0 Å². The quantitative estimate of drug-likeness (QED) is 0.347. The molecule has 1 aliphatic carbocycles. The van der Waals surface area contributed by atoms with Gasteiger partial charge in [-0.2, -0.15) is 0 Å². The molecule has 0 N–H and O–H groups in total. The van der Waals surface area contributed by atoms with Crippen LogP contribution in [0.4, 0.5) is 8.78 Å². The molecule has 0 aromatic rings. The van der Waals surface area contributed by atoms with E-state index in [4.69, 9.17) is 5.53 Å². The van der Waals surface area contributed by atoms with E-state index >= 15 is 0 Å². The van der Waals surface area contributed by atoms with Gasteiger partial charge in [0, 0.05) is 16.9 Å². The maximum atomic E-state index is 12.7. The molecule has 0 aliphatic heterocycles. The van der Waals surface area contributed by atoms with Crippen LogP contribution < -0.4 is 0 Å². The minimum absolute atomic E-state index is 0.0764. The highest BCUT2D eigenvalue weighted by molar-refractivity contribution is 5.03. The molecule has 3 nitrogen and oxygen atoms in total. The molecule has 1 saturated carbocycles. The van der Waals surface area contributed by atoms with Crippen LogP contribution in [-0.4, -0.2) is 12.5 Å². The molecule has 0 atom stereocenters. The zero-order chi connectivity index (χ0) is 8.54. The lowest BCUT2D eigenvalue weighted by Gasteiger charge is -2.20. The lowest BCUT2D eigenvalue weighted by molar-refractivity contribution is -0.0501. The van der Waals surface area contributed by atoms with Gasteiger partial charge in [0.2, 0.25) is 0 Å². The summed E-state index contributed by atoms with van der Waals surface area (Å²) in [6, 6.07) is 0. The molecule has 0 heterocycles. The molecule has 1 fully saturated rings. The average Bonchev–Trinajstić information content (AvgIpc) is 2.61. The predicted molar refractivity (Wildman–Crippen MR) is 36.3 cm³/mol. The lowest BCUT2D eigenvalue weighted by Crippen LogP contribution is -2.28. The molecule has 5 heteroatoms. The minimum atomic E-state index is -2.71. The van der Waals surface area contributed by atoms with Gasteiger partial charge in [-0.25, -0.2) is 8.78 Å². The molecular weight excluding hydrogens is 152 g/mol. The van der Waals surface area contributed by atoms with Gasteiger partial charge in [-0.05, 0) is 25.3 Å². The van der Waals surface area contributed by atoms with Gasteiger partial charge in [-0.15, -0.1) is 0 Å². The van der Waals surface area contributed by atoms with Crippen LogP contribution in [0.25, 0.3) is 10.4 Å². The summed E-state index contributed by atoms with van der Waals surface area (Å²) in [6.45, 7) is 0.805. The van der Waals surface area contributed by atoms with Crippen molar-refractivity contribution in [3.63, 3.8) is 0 Å². The fraction of sp³-hybridized carbons (Fsp3) is 1.00. The summed E-state index contributed by atoms with van der Waals surface area (Å²) in [5.41, 5.74) is 6.92. The maximum absolute atomic E-state index is 12.7. The van der Waals surface area contributed by atoms with Crippen molar-refractivity contribution >= 4 is 0 Å². The van der Waals surface area contributed by atoms with Crippen molar-refractivity contribution < 1.29 is 8.78 Å². The SMILES string of the molecule is CC(F)(F)C1(CN=[N+]=[N-])CC1. The molecular formula is C6H9F2N3. The van der Waals surface area contributed by atoms with E-state index in [0.29, 0.717) is 12.8 Å². The van der Waals surface area contributed by atoms with E-state index in [-0.39, 0.29) is 6.54 Å². The largest absolute Gasteiger partial charge is 0.251 e. The van der Waals surface area contributed by atoms with Crippen molar-refractivity contribution in [3.05, 3.63) is 10.4 Å². The van der Waals surface area contributed by atoms with Crippen molar-refractivity contribution in [3.8, 4) is 0 Å². The normalized spacial score (nSPS) is 20.6. The van der Waals surface area contributed by atoms with E-state index in [0.717, 1.165) is 6.92 Å². The van der Waals surface area contributed by atoms with Gasteiger partial charge < -0.3 is 0 Å². The first kappa shape index (κ1) is 8.27. The van der Waals surface area contributed by atoms with E-state index in [1.165, 1.54) is 0 Å². The van der Waals surface area contributed by atoms with Crippen LogP contribution in [0.5, 0.6) is 0 Å². The summed E-state index contributed by atoms with van der Waals surface area (Å²) in [6.07, 6.45) is 0.936. The van der Waals surface area contributed by atoms with Crippen LogP contribution in [0, 0.1) is 5.41 Å². The summed E-state index contributed by atoms with van der Waals surface area (Å²) in [5, 5.41) is 3.17. The smallest absolute Gasteiger partial charge is 0.207 e.